The number of ether oxygens (including phenoxy) is 1. The molecule has 0 radical (unpaired) electrons. The van der Waals surface area contributed by atoms with Gasteiger partial charge in [0, 0.05) is 25.6 Å². The second-order valence-corrected chi connectivity index (χ2v) is 4.43. The average Bonchev–Trinajstić information content (AvgIpc) is 2.26. The lowest BCUT2D eigenvalue weighted by Crippen LogP contribution is -2.44. The molecule has 1 aliphatic rings. The van der Waals surface area contributed by atoms with Gasteiger partial charge in [0.2, 0.25) is 5.91 Å². The minimum Gasteiger partial charge on any atom is -0.389 e. The van der Waals surface area contributed by atoms with Gasteiger partial charge in [-0.15, -0.1) is 0 Å². The Kier molecular flexibility index (Phi) is 5.73. The number of carbonyl (C=O) groups is 1. The molecule has 1 rings (SSSR count). The molecule has 0 aromatic rings. The van der Waals surface area contributed by atoms with E-state index in [4.69, 9.17) is 4.74 Å². The third-order valence-corrected chi connectivity index (χ3v) is 2.87. The van der Waals surface area contributed by atoms with E-state index in [9.17, 15) is 9.90 Å². The van der Waals surface area contributed by atoms with Crippen LogP contribution in [0, 0.1) is 5.92 Å². The minimum absolute atomic E-state index is 0.0449. The van der Waals surface area contributed by atoms with Crippen molar-refractivity contribution in [1.29, 1.82) is 0 Å². The second kappa shape index (κ2) is 6.83. The van der Waals surface area contributed by atoms with E-state index < -0.39 is 6.10 Å². The van der Waals surface area contributed by atoms with E-state index in [1.54, 1.807) is 0 Å². The molecule has 1 amide bonds. The van der Waals surface area contributed by atoms with E-state index in [-0.39, 0.29) is 25.0 Å². The lowest BCUT2D eigenvalue weighted by Gasteiger charge is -2.27. The first-order valence-electron chi connectivity index (χ1n) is 5.81. The second-order valence-electron chi connectivity index (χ2n) is 4.43. The summed E-state index contributed by atoms with van der Waals surface area (Å²) in [4.78, 5) is 11.8. The Balaban J connectivity index is 2.23. The Bertz CT molecular complexity index is 223. The molecular formula is C11H22N2O3. The van der Waals surface area contributed by atoms with Crippen LogP contribution in [0.5, 0.6) is 0 Å². The monoisotopic (exact) mass is 230 g/mol. The maximum Gasteiger partial charge on any atom is 0.223 e. The highest BCUT2D eigenvalue weighted by atomic mass is 16.5. The highest BCUT2D eigenvalue weighted by Crippen LogP contribution is 2.15. The zero-order valence-corrected chi connectivity index (χ0v) is 10.0. The lowest BCUT2D eigenvalue weighted by atomic mass is 9.92. The molecule has 1 saturated heterocycles. The number of nitrogens with one attached hydrogen (secondary N) is 2. The molecule has 1 aliphatic heterocycles. The third-order valence-electron chi connectivity index (χ3n) is 2.87. The maximum absolute atomic E-state index is 11.8. The molecule has 1 fully saturated rings. The fraction of sp³-hybridized carbons (Fsp3) is 0.909. The Morgan fingerprint density at radius 3 is 3.06 bits per heavy atom. The molecule has 0 aliphatic carbocycles. The van der Waals surface area contributed by atoms with Crippen LogP contribution in [0.4, 0.5) is 0 Å². The van der Waals surface area contributed by atoms with E-state index in [0.717, 1.165) is 19.4 Å². The average molecular weight is 230 g/mol. The number of aliphatic hydroxyl groups is 1. The van der Waals surface area contributed by atoms with Gasteiger partial charge in [0.25, 0.3) is 0 Å². The van der Waals surface area contributed by atoms with Crippen LogP contribution in [0.3, 0.4) is 0 Å². The number of piperidine rings is 1. The van der Waals surface area contributed by atoms with Crippen molar-refractivity contribution in [2.75, 3.05) is 26.8 Å². The standard InChI is InChI=1S/C11H22N2O3/c1-8-5-9(3-4-12-8)11(15)13-6-10(14)7-16-2/h8-10,12,14H,3-7H2,1-2H3,(H,13,15). The van der Waals surface area contributed by atoms with Crippen LogP contribution < -0.4 is 10.6 Å². The van der Waals surface area contributed by atoms with Crippen LogP contribution in [0.2, 0.25) is 0 Å². The molecule has 1 heterocycles. The SMILES string of the molecule is COCC(O)CNC(=O)C1CCNC(C)C1. The molecule has 0 bridgehead atoms. The molecule has 0 aromatic heterocycles. The summed E-state index contributed by atoms with van der Waals surface area (Å²) in [5, 5.41) is 15.5. The molecule has 94 valence electrons. The first-order chi connectivity index (χ1) is 7.63. The van der Waals surface area contributed by atoms with Crippen molar-refractivity contribution in [2.45, 2.75) is 31.9 Å². The lowest BCUT2D eigenvalue weighted by molar-refractivity contribution is -0.126. The van der Waals surface area contributed by atoms with Gasteiger partial charge in [-0.25, -0.2) is 0 Å². The molecule has 0 saturated carbocycles. The first-order valence-corrected chi connectivity index (χ1v) is 5.81. The van der Waals surface area contributed by atoms with Crippen molar-refractivity contribution in [3.05, 3.63) is 0 Å². The highest BCUT2D eigenvalue weighted by molar-refractivity contribution is 5.78. The molecule has 3 unspecified atom stereocenters. The van der Waals surface area contributed by atoms with Crippen LogP contribution in [-0.2, 0) is 9.53 Å². The van der Waals surface area contributed by atoms with E-state index in [2.05, 4.69) is 17.6 Å². The number of aliphatic hydroxyl groups excluding tert-OH is 1. The van der Waals surface area contributed by atoms with E-state index in [1.165, 1.54) is 7.11 Å². The maximum atomic E-state index is 11.8. The topological polar surface area (TPSA) is 70.6 Å². The Labute approximate surface area is 96.6 Å². The van der Waals surface area contributed by atoms with Crippen molar-refractivity contribution in [3.8, 4) is 0 Å². The summed E-state index contributed by atoms with van der Waals surface area (Å²) in [6.07, 6.45) is 1.12. The van der Waals surface area contributed by atoms with Crippen LogP contribution in [0.15, 0.2) is 0 Å². The first kappa shape index (κ1) is 13.4. The summed E-state index contributed by atoms with van der Waals surface area (Å²) in [5.74, 6) is 0.120. The molecule has 0 spiro atoms. The van der Waals surface area contributed by atoms with Gasteiger partial charge in [0.05, 0.1) is 12.7 Å². The number of amides is 1. The molecule has 16 heavy (non-hydrogen) atoms. The number of hydrogen-bond donors (Lipinski definition) is 3. The Morgan fingerprint density at radius 1 is 1.69 bits per heavy atom. The summed E-state index contributed by atoms with van der Waals surface area (Å²) in [5.41, 5.74) is 0. The van der Waals surface area contributed by atoms with Crippen LogP contribution in [-0.4, -0.2) is 50.0 Å². The van der Waals surface area contributed by atoms with Crippen molar-refractivity contribution < 1.29 is 14.6 Å². The molecule has 5 nitrogen and oxygen atoms in total. The zero-order valence-electron chi connectivity index (χ0n) is 10.0. The predicted molar refractivity (Wildman–Crippen MR) is 61.1 cm³/mol. The van der Waals surface area contributed by atoms with Gasteiger partial charge in [-0.1, -0.05) is 0 Å². The van der Waals surface area contributed by atoms with Crippen molar-refractivity contribution >= 4 is 5.91 Å². The third kappa shape index (κ3) is 4.47. The molecule has 3 atom stereocenters. The summed E-state index contributed by atoms with van der Waals surface area (Å²) in [6, 6.07) is 0.397. The van der Waals surface area contributed by atoms with E-state index in [0.29, 0.717) is 6.04 Å². The predicted octanol–water partition coefficient (Wildman–Crippen LogP) is -0.502. The van der Waals surface area contributed by atoms with Gasteiger partial charge in [-0.05, 0) is 26.3 Å². The molecule has 3 N–H and O–H groups in total. The summed E-state index contributed by atoms with van der Waals surface area (Å²) >= 11 is 0. The fourth-order valence-corrected chi connectivity index (χ4v) is 1.98. The molecular weight excluding hydrogens is 208 g/mol. The summed E-state index contributed by atoms with van der Waals surface area (Å²) < 4.78 is 4.79. The fourth-order valence-electron chi connectivity index (χ4n) is 1.98. The number of hydrogen-bond acceptors (Lipinski definition) is 4. The quantitative estimate of drug-likeness (QED) is 0.595. The van der Waals surface area contributed by atoms with Gasteiger partial charge in [0.1, 0.15) is 0 Å². The molecule has 0 aromatic carbocycles. The van der Waals surface area contributed by atoms with Gasteiger partial charge < -0.3 is 20.5 Å². The number of carbonyl (C=O) groups excluding carboxylic acids is 1. The van der Waals surface area contributed by atoms with Gasteiger partial charge in [0.15, 0.2) is 0 Å². The highest BCUT2D eigenvalue weighted by Gasteiger charge is 2.24. The van der Waals surface area contributed by atoms with Crippen LogP contribution in [0.25, 0.3) is 0 Å². The van der Waals surface area contributed by atoms with Gasteiger partial charge >= 0.3 is 0 Å². The minimum atomic E-state index is -0.618. The molecule has 5 heteroatoms. The van der Waals surface area contributed by atoms with Crippen LogP contribution in [0.1, 0.15) is 19.8 Å². The Hall–Kier alpha value is -0.650. The smallest absolute Gasteiger partial charge is 0.223 e. The zero-order chi connectivity index (χ0) is 12.0. The number of methoxy groups -OCH3 is 1. The van der Waals surface area contributed by atoms with Crippen molar-refractivity contribution in [3.63, 3.8) is 0 Å². The van der Waals surface area contributed by atoms with E-state index >= 15 is 0 Å². The normalized spacial score (nSPS) is 27.4. The summed E-state index contributed by atoms with van der Waals surface area (Å²) in [7, 11) is 1.53. The Morgan fingerprint density at radius 2 is 2.44 bits per heavy atom. The van der Waals surface area contributed by atoms with Gasteiger partial charge in [-0.2, -0.15) is 0 Å². The largest absolute Gasteiger partial charge is 0.389 e. The van der Waals surface area contributed by atoms with Gasteiger partial charge in [-0.3, -0.25) is 4.79 Å². The van der Waals surface area contributed by atoms with Crippen molar-refractivity contribution in [2.24, 2.45) is 5.92 Å². The number of rotatable bonds is 5. The van der Waals surface area contributed by atoms with Crippen molar-refractivity contribution in [1.82, 2.24) is 10.6 Å². The van der Waals surface area contributed by atoms with E-state index in [1.807, 2.05) is 0 Å². The summed E-state index contributed by atoms with van der Waals surface area (Å²) in [6.45, 7) is 3.49. The van der Waals surface area contributed by atoms with Crippen LogP contribution >= 0.6 is 0 Å².